The number of anilines is 3. The molecule has 0 saturated carbocycles. The zero-order valence-corrected chi connectivity index (χ0v) is 9.66. The highest BCUT2D eigenvalue weighted by atomic mass is 32.1. The first-order valence-corrected chi connectivity index (χ1v) is 5.78. The minimum absolute atomic E-state index is 0.167. The molecular formula is C10H13N5S. The van der Waals surface area contributed by atoms with E-state index in [2.05, 4.69) is 33.7 Å². The second kappa shape index (κ2) is 4.36. The minimum Gasteiger partial charge on any atom is -0.383 e. The number of thiophene rings is 1. The molecular weight excluding hydrogens is 222 g/mol. The van der Waals surface area contributed by atoms with Crippen LogP contribution in [0.15, 0.2) is 22.9 Å². The second-order valence-corrected chi connectivity index (χ2v) is 4.24. The van der Waals surface area contributed by atoms with Crippen LogP contribution in [-0.2, 0) is 0 Å². The van der Waals surface area contributed by atoms with Gasteiger partial charge < -0.3 is 16.8 Å². The van der Waals surface area contributed by atoms with E-state index in [1.54, 1.807) is 17.4 Å². The molecule has 2 heterocycles. The van der Waals surface area contributed by atoms with E-state index in [4.69, 9.17) is 11.5 Å². The summed E-state index contributed by atoms with van der Waals surface area (Å²) in [6.45, 7) is 2.05. The van der Waals surface area contributed by atoms with Gasteiger partial charge in [0.2, 0.25) is 5.95 Å². The van der Waals surface area contributed by atoms with Crippen molar-refractivity contribution in [2.24, 2.45) is 0 Å². The average molecular weight is 235 g/mol. The monoisotopic (exact) mass is 235 g/mol. The highest BCUT2D eigenvalue weighted by Crippen LogP contribution is 2.21. The summed E-state index contributed by atoms with van der Waals surface area (Å²) in [6.07, 6.45) is 0. The molecule has 0 aromatic carbocycles. The largest absolute Gasteiger partial charge is 0.383 e. The first-order chi connectivity index (χ1) is 7.65. The van der Waals surface area contributed by atoms with Crippen molar-refractivity contribution in [3.8, 4) is 0 Å². The van der Waals surface area contributed by atoms with Crippen molar-refractivity contribution in [3.63, 3.8) is 0 Å². The van der Waals surface area contributed by atoms with Gasteiger partial charge in [-0.1, -0.05) is 0 Å². The predicted octanol–water partition coefficient (Wildman–Crippen LogP) is 1.88. The van der Waals surface area contributed by atoms with Crippen LogP contribution >= 0.6 is 11.3 Å². The Balaban J connectivity index is 2.15. The van der Waals surface area contributed by atoms with E-state index in [0.29, 0.717) is 11.6 Å². The molecule has 16 heavy (non-hydrogen) atoms. The summed E-state index contributed by atoms with van der Waals surface area (Å²) >= 11 is 1.66. The SMILES string of the molecule is CC(Nc1cc(N)nc(N)n1)c1ccsc1. The molecule has 0 amide bonds. The lowest BCUT2D eigenvalue weighted by molar-refractivity contribution is 0.879. The Morgan fingerprint density at radius 2 is 2.19 bits per heavy atom. The van der Waals surface area contributed by atoms with E-state index >= 15 is 0 Å². The van der Waals surface area contributed by atoms with Crippen molar-refractivity contribution >= 4 is 28.9 Å². The number of nitrogens with one attached hydrogen (secondary N) is 1. The van der Waals surface area contributed by atoms with Gasteiger partial charge in [-0.05, 0) is 29.3 Å². The maximum absolute atomic E-state index is 5.58. The van der Waals surface area contributed by atoms with Crippen LogP contribution in [0.2, 0.25) is 0 Å². The summed E-state index contributed by atoms with van der Waals surface area (Å²) in [7, 11) is 0. The third-order valence-corrected chi connectivity index (χ3v) is 2.87. The minimum atomic E-state index is 0.167. The molecule has 5 nitrogen and oxygen atoms in total. The Morgan fingerprint density at radius 1 is 1.38 bits per heavy atom. The van der Waals surface area contributed by atoms with Gasteiger partial charge in [-0.25, -0.2) is 0 Å². The first kappa shape index (κ1) is 10.7. The summed E-state index contributed by atoms with van der Waals surface area (Å²) in [5.41, 5.74) is 12.3. The number of hydrogen-bond donors (Lipinski definition) is 3. The molecule has 0 radical (unpaired) electrons. The molecule has 2 rings (SSSR count). The van der Waals surface area contributed by atoms with E-state index in [9.17, 15) is 0 Å². The summed E-state index contributed by atoms with van der Waals surface area (Å²) in [6, 6.07) is 3.90. The van der Waals surface area contributed by atoms with Gasteiger partial charge in [-0.15, -0.1) is 0 Å². The van der Waals surface area contributed by atoms with Gasteiger partial charge >= 0.3 is 0 Å². The number of nitrogens with two attached hydrogens (primary N) is 2. The van der Waals surface area contributed by atoms with Crippen molar-refractivity contribution < 1.29 is 0 Å². The summed E-state index contributed by atoms with van der Waals surface area (Å²) in [5, 5.41) is 7.35. The maximum Gasteiger partial charge on any atom is 0.223 e. The lowest BCUT2D eigenvalue weighted by Crippen LogP contribution is -2.09. The molecule has 84 valence electrons. The number of hydrogen-bond acceptors (Lipinski definition) is 6. The van der Waals surface area contributed by atoms with E-state index in [1.165, 1.54) is 5.56 Å². The average Bonchev–Trinajstić information content (AvgIpc) is 2.68. The zero-order valence-electron chi connectivity index (χ0n) is 8.84. The van der Waals surface area contributed by atoms with Crippen LogP contribution in [0, 0.1) is 0 Å². The van der Waals surface area contributed by atoms with Crippen molar-refractivity contribution in [2.45, 2.75) is 13.0 Å². The van der Waals surface area contributed by atoms with Crippen molar-refractivity contribution in [1.29, 1.82) is 0 Å². The molecule has 0 fully saturated rings. The van der Waals surface area contributed by atoms with Crippen LogP contribution in [0.4, 0.5) is 17.6 Å². The van der Waals surface area contributed by atoms with Gasteiger partial charge in [0.25, 0.3) is 0 Å². The molecule has 1 unspecified atom stereocenters. The zero-order chi connectivity index (χ0) is 11.5. The first-order valence-electron chi connectivity index (χ1n) is 4.84. The van der Waals surface area contributed by atoms with Crippen molar-refractivity contribution in [1.82, 2.24) is 9.97 Å². The topological polar surface area (TPSA) is 89.8 Å². The lowest BCUT2D eigenvalue weighted by atomic mass is 10.2. The van der Waals surface area contributed by atoms with Gasteiger partial charge in [0.15, 0.2) is 0 Å². The van der Waals surface area contributed by atoms with Crippen molar-refractivity contribution in [2.75, 3.05) is 16.8 Å². The molecule has 0 spiro atoms. The number of rotatable bonds is 3. The normalized spacial score (nSPS) is 12.3. The Morgan fingerprint density at radius 3 is 2.81 bits per heavy atom. The molecule has 6 heteroatoms. The smallest absolute Gasteiger partial charge is 0.223 e. The fraction of sp³-hybridized carbons (Fsp3) is 0.200. The van der Waals surface area contributed by atoms with Crippen LogP contribution in [0.5, 0.6) is 0 Å². The third-order valence-electron chi connectivity index (χ3n) is 2.17. The summed E-state index contributed by atoms with van der Waals surface area (Å²) in [5.74, 6) is 1.19. The van der Waals surface area contributed by atoms with Gasteiger partial charge in [0.1, 0.15) is 11.6 Å². The molecule has 0 aliphatic rings. The predicted molar refractivity (Wildman–Crippen MR) is 67.2 cm³/mol. The van der Waals surface area contributed by atoms with Crippen molar-refractivity contribution in [3.05, 3.63) is 28.5 Å². The van der Waals surface area contributed by atoms with Gasteiger partial charge in [-0.2, -0.15) is 21.3 Å². The Bertz CT molecular complexity index is 448. The van der Waals surface area contributed by atoms with E-state index in [-0.39, 0.29) is 12.0 Å². The molecule has 2 aromatic rings. The lowest BCUT2D eigenvalue weighted by Gasteiger charge is -2.13. The van der Waals surface area contributed by atoms with Gasteiger partial charge in [0.05, 0.1) is 6.04 Å². The van der Waals surface area contributed by atoms with Gasteiger partial charge in [-0.3, -0.25) is 0 Å². The number of nitrogen functional groups attached to an aromatic ring is 2. The highest BCUT2D eigenvalue weighted by molar-refractivity contribution is 7.07. The van der Waals surface area contributed by atoms with E-state index in [0.717, 1.165) is 0 Å². The van der Waals surface area contributed by atoms with Crippen LogP contribution in [0.3, 0.4) is 0 Å². The number of nitrogens with zero attached hydrogens (tertiary/aromatic N) is 2. The number of aromatic nitrogens is 2. The molecule has 5 N–H and O–H groups in total. The van der Waals surface area contributed by atoms with Crippen LogP contribution in [0.25, 0.3) is 0 Å². The highest BCUT2D eigenvalue weighted by Gasteiger charge is 2.07. The summed E-state index contributed by atoms with van der Waals surface area (Å²) in [4.78, 5) is 7.87. The third kappa shape index (κ3) is 2.40. The fourth-order valence-corrected chi connectivity index (χ4v) is 2.14. The van der Waals surface area contributed by atoms with Gasteiger partial charge in [0, 0.05) is 6.07 Å². The second-order valence-electron chi connectivity index (χ2n) is 3.46. The maximum atomic E-state index is 5.58. The quantitative estimate of drug-likeness (QED) is 0.755. The molecule has 0 bridgehead atoms. The van der Waals surface area contributed by atoms with Crippen LogP contribution in [0.1, 0.15) is 18.5 Å². The molecule has 1 atom stereocenters. The molecule has 2 aromatic heterocycles. The summed E-state index contributed by atoms with van der Waals surface area (Å²) < 4.78 is 0. The molecule has 0 aliphatic carbocycles. The molecule has 0 aliphatic heterocycles. The van der Waals surface area contributed by atoms with E-state index in [1.807, 2.05) is 5.38 Å². The van der Waals surface area contributed by atoms with Crippen LogP contribution in [-0.4, -0.2) is 9.97 Å². The Hall–Kier alpha value is -1.82. The Kier molecular flexibility index (Phi) is 2.91. The van der Waals surface area contributed by atoms with E-state index < -0.39 is 0 Å². The van der Waals surface area contributed by atoms with Crippen LogP contribution < -0.4 is 16.8 Å². The fourth-order valence-electron chi connectivity index (χ4n) is 1.39. The standard InChI is InChI=1S/C10H13N5S/c1-6(7-2-3-16-5-7)13-9-4-8(11)14-10(12)15-9/h2-6H,1H3,(H5,11,12,13,14,15). The Labute approximate surface area is 97.5 Å². The molecule has 0 saturated heterocycles.